The Hall–Kier alpha value is -1.81. The van der Waals surface area contributed by atoms with E-state index in [1.165, 1.54) is 5.56 Å². The summed E-state index contributed by atoms with van der Waals surface area (Å²) in [7, 11) is 0. The van der Waals surface area contributed by atoms with Crippen molar-refractivity contribution in [3.05, 3.63) is 48.0 Å². The molecule has 0 unspecified atom stereocenters. The van der Waals surface area contributed by atoms with Crippen molar-refractivity contribution >= 4 is 0 Å². The quantitative estimate of drug-likeness (QED) is 0.719. The number of rotatable bonds is 9. The molecule has 0 radical (unpaired) electrons. The lowest BCUT2D eigenvalue weighted by Crippen LogP contribution is -2.14. The number of para-hydroxylation sites is 1. The highest BCUT2D eigenvalue weighted by Gasteiger charge is 2.06. The number of aryl methyl sites for hydroxylation is 1. The Morgan fingerprint density at radius 2 is 2.05 bits per heavy atom. The van der Waals surface area contributed by atoms with Crippen molar-refractivity contribution in [2.75, 3.05) is 6.54 Å². The van der Waals surface area contributed by atoms with Crippen LogP contribution in [0.5, 0.6) is 5.75 Å². The van der Waals surface area contributed by atoms with Crippen LogP contribution in [0, 0.1) is 0 Å². The number of benzene rings is 1. The van der Waals surface area contributed by atoms with Crippen molar-refractivity contribution in [3.8, 4) is 5.75 Å². The zero-order chi connectivity index (χ0) is 14.9. The van der Waals surface area contributed by atoms with Crippen LogP contribution in [0.15, 0.2) is 36.8 Å². The van der Waals surface area contributed by atoms with Gasteiger partial charge in [0.15, 0.2) is 0 Å². The molecule has 4 nitrogen and oxygen atoms in total. The van der Waals surface area contributed by atoms with Gasteiger partial charge in [-0.2, -0.15) is 0 Å². The Bertz CT molecular complexity index is 536. The highest BCUT2D eigenvalue weighted by atomic mass is 16.5. The summed E-state index contributed by atoms with van der Waals surface area (Å²) in [5.41, 5.74) is 2.32. The third-order valence-corrected chi connectivity index (χ3v) is 3.35. The molecule has 21 heavy (non-hydrogen) atoms. The van der Waals surface area contributed by atoms with E-state index in [1.54, 1.807) is 0 Å². The first kappa shape index (κ1) is 15.6. The van der Waals surface area contributed by atoms with Gasteiger partial charge in [0.1, 0.15) is 12.4 Å². The van der Waals surface area contributed by atoms with E-state index in [4.69, 9.17) is 4.74 Å². The van der Waals surface area contributed by atoms with E-state index in [1.807, 2.05) is 24.7 Å². The van der Waals surface area contributed by atoms with Gasteiger partial charge in [-0.25, -0.2) is 4.98 Å². The molecular weight excluding hydrogens is 262 g/mol. The number of hydrogen-bond donors (Lipinski definition) is 1. The van der Waals surface area contributed by atoms with E-state index < -0.39 is 0 Å². The van der Waals surface area contributed by atoms with Gasteiger partial charge < -0.3 is 14.6 Å². The lowest BCUT2D eigenvalue weighted by Gasteiger charge is -2.13. The molecule has 0 fully saturated rings. The van der Waals surface area contributed by atoms with Crippen molar-refractivity contribution in [3.63, 3.8) is 0 Å². The normalized spacial score (nSPS) is 10.8. The first-order valence-electron chi connectivity index (χ1n) is 7.75. The Kier molecular flexibility index (Phi) is 6.28. The van der Waals surface area contributed by atoms with Gasteiger partial charge >= 0.3 is 0 Å². The van der Waals surface area contributed by atoms with Gasteiger partial charge in [-0.05, 0) is 25.5 Å². The van der Waals surface area contributed by atoms with Gasteiger partial charge in [0.2, 0.25) is 0 Å². The van der Waals surface area contributed by atoms with Crippen molar-refractivity contribution in [2.45, 2.75) is 46.4 Å². The fourth-order valence-electron chi connectivity index (χ4n) is 2.25. The van der Waals surface area contributed by atoms with Gasteiger partial charge in [0.25, 0.3) is 0 Å². The molecule has 2 aromatic rings. The molecule has 0 amide bonds. The summed E-state index contributed by atoms with van der Waals surface area (Å²) in [5, 5.41) is 3.42. The lowest BCUT2D eigenvalue weighted by molar-refractivity contribution is 0.291. The van der Waals surface area contributed by atoms with E-state index in [0.717, 1.165) is 43.9 Å². The Labute approximate surface area is 127 Å². The molecule has 0 spiro atoms. The monoisotopic (exact) mass is 287 g/mol. The molecule has 1 aromatic heterocycles. The van der Waals surface area contributed by atoms with Crippen molar-refractivity contribution in [1.29, 1.82) is 0 Å². The van der Waals surface area contributed by atoms with E-state index in [9.17, 15) is 0 Å². The second-order valence-corrected chi connectivity index (χ2v) is 5.15. The predicted octanol–water partition coefficient (Wildman–Crippen LogP) is 3.37. The predicted molar refractivity (Wildman–Crippen MR) is 85.3 cm³/mol. The number of nitrogens with zero attached hydrogens (tertiary/aromatic N) is 2. The SMILES string of the molecule is CCCNCc1ccccc1OCc1cncn1CCC. The molecule has 0 bridgehead atoms. The maximum atomic E-state index is 6.00. The summed E-state index contributed by atoms with van der Waals surface area (Å²) in [5.74, 6) is 0.949. The molecule has 0 atom stereocenters. The van der Waals surface area contributed by atoms with Crippen LogP contribution in [0.2, 0.25) is 0 Å². The highest BCUT2D eigenvalue weighted by Crippen LogP contribution is 2.19. The number of ether oxygens (including phenoxy) is 1. The Balaban J connectivity index is 1.97. The molecule has 0 aliphatic heterocycles. The number of imidazole rings is 1. The molecular formula is C17H25N3O. The van der Waals surface area contributed by atoms with Gasteiger partial charge in [-0.1, -0.05) is 32.0 Å². The standard InChI is InChI=1S/C17H25N3O/c1-3-9-18-11-15-7-5-6-8-17(15)21-13-16-12-19-14-20(16)10-4-2/h5-8,12,14,18H,3-4,9-11,13H2,1-2H3. The van der Waals surface area contributed by atoms with Crippen molar-refractivity contribution in [2.24, 2.45) is 0 Å². The molecule has 0 saturated heterocycles. The molecule has 0 aliphatic rings. The number of aromatic nitrogens is 2. The summed E-state index contributed by atoms with van der Waals surface area (Å²) in [6.07, 6.45) is 5.99. The molecule has 1 N–H and O–H groups in total. The molecule has 1 aromatic carbocycles. The van der Waals surface area contributed by atoms with Crippen LogP contribution in [0.3, 0.4) is 0 Å². The number of hydrogen-bond acceptors (Lipinski definition) is 3. The fourth-order valence-corrected chi connectivity index (χ4v) is 2.25. The van der Waals surface area contributed by atoms with E-state index in [0.29, 0.717) is 6.61 Å². The zero-order valence-electron chi connectivity index (χ0n) is 13.0. The Morgan fingerprint density at radius 3 is 2.86 bits per heavy atom. The van der Waals surface area contributed by atoms with E-state index in [2.05, 4.69) is 40.8 Å². The third kappa shape index (κ3) is 4.60. The summed E-state index contributed by atoms with van der Waals surface area (Å²) < 4.78 is 8.15. The minimum Gasteiger partial charge on any atom is -0.487 e. The first-order valence-corrected chi connectivity index (χ1v) is 7.75. The second kappa shape index (κ2) is 8.47. The summed E-state index contributed by atoms with van der Waals surface area (Å²) in [6.45, 7) is 7.75. The fraction of sp³-hybridized carbons (Fsp3) is 0.471. The smallest absolute Gasteiger partial charge is 0.130 e. The Morgan fingerprint density at radius 1 is 1.19 bits per heavy atom. The summed E-state index contributed by atoms with van der Waals surface area (Å²) in [4.78, 5) is 4.21. The van der Waals surface area contributed by atoms with Crippen LogP contribution < -0.4 is 10.1 Å². The van der Waals surface area contributed by atoms with Crippen LogP contribution in [0.4, 0.5) is 0 Å². The molecule has 4 heteroatoms. The maximum Gasteiger partial charge on any atom is 0.130 e. The van der Waals surface area contributed by atoms with Gasteiger partial charge in [-0.15, -0.1) is 0 Å². The maximum absolute atomic E-state index is 6.00. The van der Waals surface area contributed by atoms with E-state index in [-0.39, 0.29) is 0 Å². The topological polar surface area (TPSA) is 39.1 Å². The third-order valence-electron chi connectivity index (χ3n) is 3.35. The number of nitrogens with one attached hydrogen (secondary N) is 1. The minimum atomic E-state index is 0.560. The summed E-state index contributed by atoms with van der Waals surface area (Å²) >= 11 is 0. The van der Waals surface area contributed by atoms with Gasteiger partial charge in [0.05, 0.1) is 18.2 Å². The molecule has 0 saturated carbocycles. The van der Waals surface area contributed by atoms with Crippen LogP contribution >= 0.6 is 0 Å². The summed E-state index contributed by atoms with van der Waals surface area (Å²) in [6, 6.07) is 8.21. The van der Waals surface area contributed by atoms with Gasteiger partial charge in [-0.3, -0.25) is 0 Å². The van der Waals surface area contributed by atoms with Crippen LogP contribution in [0.1, 0.15) is 37.9 Å². The average Bonchev–Trinajstić information content (AvgIpc) is 2.94. The molecule has 2 rings (SSSR count). The average molecular weight is 287 g/mol. The lowest BCUT2D eigenvalue weighted by atomic mass is 10.2. The molecule has 1 heterocycles. The minimum absolute atomic E-state index is 0.560. The second-order valence-electron chi connectivity index (χ2n) is 5.15. The van der Waals surface area contributed by atoms with Crippen LogP contribution in [-0.4, -0.2) is 16.1 Å². The van der Waals surface area contributed by atoms with E-state index >= 15 is 0 Å². The van der Waals surface area contributed by atoms with Crippen LogP contribution in [0.25, 0.3) is 0 Å². The van der Waals surface area contributed by atoms with Gasteiger partial charge in [0, 0.05) is 18.7 Å². The van der Waals surface area contributed by atoms with Crippen molar-refractivity contribution < 1.29 is 4.74 Å². The molecule has 0 aliphatic carbocycles. The molecule has 114 valence electrons. The first-order chi connectivity index (χ1) is 10.3. The van der Waals surface area contributed by atoms with Crippen molar-refractivity contribution in [1.82, 2.24) is 14.9 Å². The highest BCUT2D eigenvalue weighted by molar-refractivity contribution is 5.33. The zero-order valence-corrected chi connectivity index (χ0v) is 13.0. The largest absolute Gasteiger partial charge is 0.487 e. The van der Waals surface area contributed by atoms with Crippen LogP contribution in [-0.2, 0) is 19.7 Å².